The molecule has 1 aliphatic rings. The molecule has 0 bridgehead atoms. The van der Waals surface area contributed by atoms with Crippen molar-refractivity contribution in [1.82, 2.24) is 0 Å². The van der Waals surface area contributed by atoms with Gasteiger partial charge in [0.15, 0.2) is 0 Å². The second-order valence-corrected chi connectivity index (χ2v) is 6.75. The predicted molar refractivity (Wildman–Crippen MR) is 59.7 cm³/mol. The summed E-state index contributed by atoms with van der Waals surface area (Å²) in [7, 11) is 0. The molecule has 0 aromatic carbocycles. The second kappa shape index (κ2) is 2.52. The summed E-state index contributed by atoms with van der Waals surface area (Å²) in [5, 5.41) is 0. The summed E-state index contributed by atoms with van der Waals surface area (Å²) in [6.07, 6.45) is 0. The first-order valence-electron chi connectivity index (χ1n) is 5.57. The summed E-state index contributed by atoms with van der Waals surface area (Å²) in [6, 6.07) is 0. The van der Waals surface area contributed by atoms with Gasteiger partial charge in [0, 0.05) is 0 Å². The van der Waals surface area contributed by atoms with Crippen molar-refractivity contribution in [1.29, 1.82) is 0 Å². The molecule has 0 aromatic rings. The van der Waals surface area contributed by atoms with Crippen LogP contribution in [0.5, 0.6) is 0 Å². The van der Waals surface area contributed by atoms with Gasteiger partial charge in [0.1, 0.15) is 0 Å². The van der Waals surface area contributed by atoms with Gasteiger partial charge in [-0.3, -0.25) is 0 Å². The van der Waals surface area contributed by atoms with Gasteiger partial charge in [0.2, 0.25) is 0 Å². The van der Waals surface area contributed by atoms with E-state index in [9.17, 15) is 0 Å². The maximum absolute atomic E-state index is 2.47. The topological polar surface area (TPSA) is 0 Å². The molecular weight excluding hydrogens is 156 g/mol. The Morgan fingerprint density at radius 3 is 1.38 bits per heavy atom. The molecule has 0 N–H and O–H groups in total. The van der Waals surface area contributed by atoms with E-state index in [0.29, 0.717) is 16.2 Å². The van der Waals surface area contributed by atoms with Crippen LogP contribution in [0.4, 0.5) is 0 Å². The van der Waals surface area contributed by atoms with E-state index in [-0.39, 0.29) is 0 Å². The van der Waals surface area contributed by atoms with Crippen molar-refractivity contribution < 1.29 is 0 Å². The minimum absolute atomic E-state index is 0.419. The van der Waals surface area contributed by atoms with Crippen molar-refractivity contribution in [2.75, 3.05) is 0 Å². The Balaban J connectivity index is 3.06. The molecule has 0 spiro atoms. The predicted octanol–water partition coefficient (Wildman–Crippen LogP) is 4.35. The first-order valence-corrected chi connectivity index (χ1v) is 5.57. The first kappa shape index (κ1) is 11.1. The maximum atomic E-state index is 2.47. The molecular formula is C13H26. The van der Waals surface area contributed by atoms with Crippen LogP contribution in [0.1, 0.15) is 55.4 Å². The Kier molecular flexibility index (Phi) is 2.15. The van der Waals surface area contributed by atoms with Crippen molar-refractivity contribution in [3.63, 3.8) is 0 Å². The lowest BCUT2D eigenvalue weighted by Gasteiger charge is -2.70. The average Bonchev–Trinajstić information content (AvgIpc) is 1.98. The van der Waals surface area contributed by atoms with Gasteiger partial charge in [0.05, 0.1) is 0 Å². The third kappa shape index (κ3) is 1.04. The monoisotopic (exact) mass is 182 g/mol. The molecule has 0 aromatic heterocycles. The molecule has 0 heterocycles. The Labute approximate surface area is 84.1 Å². The molecule has 0 heteroatoms. The van der Waals surface area contributed by atoms with E-state index < -0.39 is 0 Å². The average molecular weight is 182 g/mol. The minimum Gasteiger partial charge on any atom is -0.0617 e. The summed E-state index contributed by atoms with van der Waals surface area (Å²) < 4.78 is 0. The molecule has 0 aliphatic heterocycles. The van der Waals surface area contributed by atoms with Gasteiger partial charge in [0.25, 0.3) is 0 Å². The van der Waals surface area contributed by atoms with E-state index in [2.05, 4.69) is 55.4 Å². The lowest BCUT2D eigenvalue weighted by Crippen LogP contribution is -2.64. The zero-order valence-electron chi connectivity index (χ0n) is 10.7. The number of rotatable bonds is 0. The third-order valence-corrected chi connectivity index (χ3v) is 5.70. The molecule has 0 radical (unpaired) electrons. The molecule has 3 atom stereocenters. The smallest absolute Gasteiger partial charge is 0.0195 e. The summed E-state index contributed by atoms with van der Waals surface area (Å²) in [6.45, 7) is 19.3. The fourth-order valence-corrected chi connectivity index (χ4v) is 3.74. The molecule has 1 aliphatic carbocycles. The van der Waals surface area contributed by atoms with Crippen LogP contribution >= 0.6 is 0 Å². The summed E-state index contributed by atoms with van der Waals surface area (Å²) in [5.74, 6) is 1.71. The number of hydrogen-bond acceptors (Lipinski definition) is 0. The van der Waals surface area contributed by atoms with Crippen LogP contribution in [0.25, 0.3) is 0 Å². The van der Waals surface area contributed by atoms with Crippen LogP contribution in [0.2, 0.25) is 0 Å². The molecule has 0 nitrogen and oxygen atoms in total. The highest BCUT2D eigenvalue weighted by atomic mass is 14.7. The molecule has 3 unspecified atom stereocenters. The largest absolute Gasteiger partial charge is 0.0617 e. The molecule has 0 saturated heterocycles. The van der Waals surface area contributed by atoms with Gasteiger partial charge in [-0.1, -0.05) is 55.4 Å². The zero-order valence-corrected chi connectivity index (χ0v) is 10.7. The standard InChI is InChI=1S/C13H26/c1-9-10(2)13(8,11(3,4)5)12(9,6)7/h9-10H,1-8H3. The van der Waals surface area contributed by atoms with E-state index in [1.807, 2.05) is 0 Å². The fraction of sp³-hybridized carbons (Fsp3) is 1.00. The highest BCUT2D eigenvalue weighted by Gasteiger charge is 2.64. The SMILES string of the molecule is CC1C(C)C(C)(C(C)(C)C)C1(C)C. The normalized spacial score (nSPS) is 44.3. The minimum atomic E-state index is 0.419. The van der Waals surface area contributed by atoms with E-state index in [1.165, 1.54) is 0 Å². The highest BCUT2D eigenvalue weighted by Crippen LogP contribution is 2.70. The van der Waals surface area contributed by atoms with Gasteiger partial charge in [-0.2, -0.15) is 0 Å². The zero-order chi connectivity index (χ0) is 10.7. The molecule has 1 fully saturated rings. The molecule has 0 amide bonds. The van der Waals surface area contributed by atoms with Gasteiger partial charge < -0.3 is 0 Å². The van der Waals surface area contributed by atoms with Gasteiger partial charge in [-0.15, -0.1) is 0 Å². The molecule has 1 rings (SSSR count). The summed E-state index contributed by atoms with van der Waals surface area (Å²) >= 11 is 0. The van der Waals surface area contributed by atoms with Gasteiger partial charge in [-0.05, 0) is 28.1 Å². The van der Waals surface area contributed by atoms with Crippen molar-refractivity contribution in [2.45, 2.75) is 55.4 Å². The van der Waals surface area contributed by atoms with Crippen LogP contribution in [0.3, 0.4) is 0 Å². The van der Waals surface area contributed by atoms with Crippen LogP contribution in [0, 0.1) is 28.1 Å². The van der Waals surface area contributed by atoms with Crippen molar-refractivity contribution in [3.05, 3.63) is 0 Å². The van der Waals surface area contributed by atoms with Gasteiger partial charge in [-0.25, -0.2) is 0 Å². The van der Waals surface area contributed by atoms with Crippen molar-refractivity contribution in [3.8, 4) is 0 Å². The Bertz CT molecular complexity index is 207. The fourth-order valence-electron chi connectivity index (χ4n) is 3.74. The van der Waals surface area contributed by atoms with E-state index in [0.717, 1.165) is 11.8 Å². The van der Waals surface area contributed by atoms with Crippen molar-refractivity contribution >= 4 is 0 Å². The van der Waals surface area contributed by atoms with E-state index in [1.54, 1.807) is 0 Å². The lowest BCUT2D eigenvalue weighted by atomic mass is 9.35. The number of hydrogen-bond donors (Lipinski definition) is 0. The van der Waals surface area contributed by atoms with Gasteiger partial charge >= 0.3 is 0 Å². The molecule has 1 saturated carbocycles. The van der Waals surface area contributed by atoms with Crippen LogP contribution in [-0.4, -0.2) is 0 Å². The molecule has 13 heavy (non-hydrogen) atoms. The maximum Gasteiger partial charge on any atom is -0.0195 e. The first-order chi connectivity index (χ1) is 5.57. The van der Waals surface area contributed by atoms with Crippen molar-refractivity contribution in [2.24, 2.45) is 28.1 Å². The van der Waals surface area contributed by atoms with Crippen LogP contribution in [0.15, 0.2) is 0 Å². The Morgan fingerprint density at radius 2 is 1.23 bits per heavy atom. The van der Waals surface area contributed by atoms with Crippen LogP contribution < -0.4 is 0 Å². The second-order valence-electron chi connectivity index (χ2n) is 6.75. The third-order valence-electron chi connectivity index (χ3n) is 5.70. The van der Waals surface area contributed by atoms with E-state index in [4.69, 9.17) is 0 Å². The summed E-state index contributed by atoms with van der Waals surface area (Å²) in [5.41, 5.74) is 1.40. The molecule has 78 valence electrons. The summed E-state index contributed by atoms with van der Waals surface area (Å²) in [4.78, 5) is 0. The Hall–Kier alpha value is 0. The Morgan fingerprint density at radius 1 is 0.846 bits per heavy atom. The van der Waals surface area contributed by atoms with Crippen LogP contribution in [-0.2, 0) is 0 Å². The van der Waals surface area contributed by atoms with E-state index >= 15 is 0 Å². The lowest BCUT2D eigenvalue weighted by molar-refractivity contribution is -0.221. The highest BCUT2D eigenvalue weighted by molar-refractivity contribution is 5.12. The quantitative estimate of drug-likeness (QED) is 0.522.